The van der Waals surface area contributed by atoms with Gasteiger partial charge in [-0.15, -0.1) is 0 Å². The van der Waals surface area contributed by atoms with Crippen LogP contribution in [0, 0.1) is 11.8 Å². The molecule has 4 amide bonds. The van der Waals surface area contributed by atoms with Crippen molar-refractivity contribution in [3.05, 3.63) is 24.3 Å². The molecule has 0 spiro atoms. The van der Waals surface area contributed by atoms with Crippen LogP contribution in [0.3, 0.4) is 0 Å². The van der Waals surface area contributed by atoms with Crippen molar-refractivity contribution in [2.24, 2.45) is 17.6 Å². The zero-order valence-corrected chi connectivity index (χ0v) is 10.8. The quantitative estimate of drug-likeness (QED) is 0.559. The summed E-state index contributed by atoms with van der Waals surface area (Å²) >= 11 is 0. The summed E-state index contributed by atoms with van der Waals surface area (Å²) in [6.45, 7) is 0.596. The first-order chi connectivity index (χ1) is 9.55. The maximum absolute atomic E-state index is 12.3. The van der Waals surface area contributed by atoms with Crippen LogP contribution < -0.4 is 16.4 Å². The average Bonchev–Trinajstić information content (AvgIpc) is 2.89. The molecule has 3 unspecified atom stereocenters. The summed E-state index contributed by atoms with van der Waals surface area (Å²) in [5, 5.41) is 4.72. The van der Waals surface area contributed by atoms with Crippen molar-refractivity contribution in [1.82, 2.24) is 15.5 Å². The van der Waals surface area contributed by atoms with Gasteiger partial charge in [-0.1, -0.05) is 24.3 Å². The molecule has 0 aromatic heterocycles. The first-order valence-electron chi connectivity index (χ1n) is 6.53. The van der Waals surface area contributed by atoms with Crippen LogP contribution in [0.2, 0.25) is 0 Å². The Morgan fingerprint density at radius 1 is 1.30 bits per heavy atom. The topological polar surface area (TPSA) is 105 Å². The van der Waals surface area contributed by atoms with Crippen LogP contribution in [-0.4, -0.2) is 47.9 Å². The highest BCUT2D eigenvalue weighted by molar-refractivity contribution is 6.07. The molecule has 7 heteroatoms. The number of hydrogen-bond donors (Lipinski definition) is 3. The molecule has 4 N–H and O–H groups in total. The molecule has 3 aliphatic rings. The second-order valence-corrected chi connectivity index (χ2v) is 5.37. The SMILES string of the molecule is NCC1(CN2CC3C=CC=CC3C2=O)NC(=O)NC1=O. The second kappa shape index (κ2) is 4.45. The molecule has 0 saturated carbocycles. The van der Waals surface area contributed by atoms with Gasteiger partial charge in [0, 0.05) is 19.0 Å². The Morgan fingerprint density at radius 3 is 2.65 bits per heavy atom. The van der Waals surface area contributed by atoms with Gasteiger partial charge in [0.1, 0.15) is 0 Å². The molecule has 20 heavy (non-hydrogen) atoms. The van der Waals surface area contributed by atoms with E-state index in [1.807, 2.05) is 24.3 Å². The van der Waals surface area contributed by atoms with E-state index in [0.717, 1.165) is 0 Å². The monoisotopic (exact) mass is 276 g/mol. The molecule has 1 aliphatic carbocycles. The van der Waals surface area contributed by atoms with Gasteiger partial charge in [-0.2, -0.15) is 0 Å². The second-order valence-electron chi connectivity index (χ2n) is 5.37. The summed E-state index contributed by atoms with van der Waals surface area (Å²) in [6, 6.07) is -0.565. The molecule has 3 rings (SSSR count). The minimum Gasteiger partial charge on any atom is -0.339 e. The van der Waals surface area contributed by atoms with E-state index in [9.17, 15) is 14.4 Å². The van der Waals surface area contributed by atoms with Gasteiger partial charge >= 0.3 is 6.03 Å². The van der Waals surface area contributed by atoms with Crippen molar-refractivity contribution < 1.29 is 14.4 Å². The molecule has 2 aliphatic heterocycles. The number of rotatable bonds is 3. The van der Waals surface area contributed by atoms with E-state index in [4.69, 9.17) is 5.73 Å². The minimum absolute atomic E-state index is 0.0302. The van der Waals surface area contributed by atoms with Gasteiger partial charge in [0.25, 0.3) is 5.91 Å². The Kier molecular flexibility index (Phi) is 2.86. The lowest BCUT2D eigenvalue weighted by molar-refractivity contribution is -0.132. The molecular weight excluding hydrogens is 260 g/mol. The minimum atomic E-state index is -1.21. The van der Waals surface area contributed by atoms with Crippen molar-refractivity contribution in [3.8, 4) is 0 Å². The van der Waals surface area contributed by atoms with E-state index in [1.165, 1.54) is 0 Å². The van der Waals surface area contributed by atoms with Gasteiger partial charge in [-0.3, -0.25) is 14.9 Å². The molecule has 7 nitrogen and oxygen atoms in total. The summed E-state index contributed by atoms with van der Waals surface area (Å²) < 4.78 is 0. The standard InChI is InChI=1S/C13H16N4O3/c14-6-13(11(19)15-12(20)16-13)7-17-5-8-3-1-2-4-9(8)10(17)18/h1-4,8-9H,5-7,14H2,(H2,15,16,19,20). The van der Waals surface area contributed by atoms with E-state index >= 15 is 0 Å². The number of carbonyl (C=O) groups is 3. The number of nitrogens with zero attached hydrogens (tertiary/aromatic N) is 1. The van der Waals surface area contributed by atoms with Gasteiger partial charge in [-0.05, 0) is 0 Å². The Labute approximate surface area is 115 Å². The van der Waals surface area contributed by atoms with E-state index < -0.39 is 17.5 Å². The predicted octanol–water partition coefficient (Wildman–Crippen LogP) is -1.28. The highest BCUT2D eigenvalue weighted by atomic mass is 16.2. The molecule has 3 atom stereocenters. The number of likely N-dealkylation sites (tertiary alicyclic amines) is 1. The molecule has 2 saturated heterocycles. The lowest BCUT2D eigenvalue weighted by Crippen LogP contribution is -2.60. The van der Waals surface area contributed by atoms with Crippen molar-refractivity contribution >= 4 is 17.8 Å². The fourth-order valence-electron chi connectivity index (χ4n) is 2.96. The Balaban J connectivity index is 1.79. The van der Waals surface area contributed by atoms with Crippen molar-refractivity contribution in [2.75, 3.05) is 19.6 Å². The Bertz CT molecular complexity index is 542. The van der Waals surface area contributed by atoms with Gasteiger partial charge < -0.3 is 16.0 Å². The molecular formula is C13H16N4O3. The highest BCUT2D eigenvalue weighted by Crippen LogP contribution is 2.30. The number of nitrogens with one attached hydrogen (secondary N) is 2. The number of fused-ring (bicyclic) bond motifs is 1. The number of hydrogen-bond acceptors (Lipinski definition) is 4. The highest BCUT2D eigenvalue weighted by Gasteiger charge is 2.49. The number of nitrogens with two attached hydrogens (primary N) is 1. The lowest BCUT2D eigenvalue weighted by atomic mass is 9.92. The normalized spacial score (nSPS) is 35.2. The summed E-state index contributed by atoms with van der Waals surface area (Å²) in [6.07, 6.45) is 7.63. The van der Waals surface area contributed by atoms with Gasteiger partial charge in [0.2, 0.25) is 5.91 Å². The summed E-state index contributed by atoms with van der Waals surface area (Å²) in [7, 11) is 0. The third kappa shape index (κ3) is 1.82. The third-order valence-corrected chi connectivity index (χ3v) is 4.10. The molecule has 0 radical (unpaired) electrons. The largest absolute Gasteiger partial charge is 0.339 e. The molecule has 0 aromatic rings. The number of imide groups is 1. The van der Waals surface area contributed by atoms with Gasteiger partial charge in [-0.25, -0.2) is 4.79 Å². The van der Waals surface area contributed by atoms with E-state index in [0.29, 0.717) is 6.54 Å². The van der Waals surface area contributed by atoms with E-state index in [2.05, 4.69) is 10.6 Å². The average molecular weight is 276 g/mol. The smallest absolute Gasteiger partial charge is 0.322 e. The Morgan fingerprint density at radius 2 is 2.05 bits per heavy atom. The fraction of sp³-hybridized carbons (Fsp3) is 0.462. The van der Waals surface area contributed by atoms with Gasteiger partial charge in [0.15, 0.2) is 5.54 Å². The van der Waals surface area contributed by atoms with Crippen LogP contribution in [0.4, 0.5) is 4.79 Å². The van der Waals surface area contributed by atoms with Crippen molar-refractivity contribution in [1.29, 1.82) is 0 Å². The third-order valence-electron chi connectivity index (χ3n) is 4.10. The number of urea groups is 1. The van der Waals surface area contributed by atoms with Crippen LogP contribution in [0.5, 0.6) is 0 Å². The first kappa shape index (κ1) is 12.9. The molecule has 0 bridgehead atoms. The number of carbonyl (C=O) groups excluding carboxylic acids is 3. The van der Waals surface area contributed by atoms with Crippen LogP contribution in [0.15, 0.2) is 24.3 Å². The van der Waals surface area contributed by atoms with Crippen LogP contribution in [0.1, 0.15) is 0 Å². The maximum atomic E-state index is 12.3. The molecule has 2 heterocycles. The van der Waals surface area contributed by atoms with Crippen LogP contribution >= 0.6 is 0 Å². The molecule has 2 fully saturated rings. The summed E-state index contributed by atoms with van der Waals surface area (Å²) in [5.74, 6) is -0.548. The van der Waals surface area contributed by atoms with Crippen LogP contribution in [-0.2, 0) is 9.59 Å². The number of amides is 4. The zero-order chi connectivity index (χ0) is 14.3. The van der Waals surface area contributed by atoms with Crippen molar-refractivity contribution in [2.45, 2.75) is 5.54 Å². The van der Waals surface area contributed by atoms with Crippen molar-refractivity contribution in [3.63, 3.8) is 0 Å². The predicted molar refractivity (Wildman–Crippen MR) is 70.3 cm³/mol. The zero-order valence-electron chi connectivity index (χ0n) is 10.8. The van der Waals surface area contributed by atoms with Crippen LogP contribution in [0.25, 0.3) is 0 Å². The lowest BCUT2D eigenvalue weighted by Gasteiger charge is -2.29. The van der Waals surface area contributed by atoms with E-state index in [1.54, 1.807) is 4.90 Å². The fourth-order valence-corrected chi connectivity index (χ4v) is 2.96. The molecule has 0 aromatic carbocycles. The maximum Gasteiger partial charge on any atom is 0.322 e. The Hall–Kier alpha value is -2.15. The first-order valence-corrected chi connectivity index (χ1v) is 6.53. The van der Waals surface area contributed by atoms with Gasteiger partial charge in [0.05, 0.1) is 12.5 Å². The summed E-state index contributed by atoms with van der Waals surface area (Å²) in [4.78, 5) is 37.2. The van der Waals surface area contributed by atoms with E-state index in [-0.39, 0.29) is 30.8 Å². The number of allylic oxidation sites excluding steroid dienone is 2. The molecule has 106 valence electrons. The summed E-state index contributed by atoms with van der Waals surface area (Å²) in [5.41, 5.74) is 4.44.